The first kappa shape index (κ1) is 17.8. The van der Waals surface area contributed by atoms with E-state index in [9.17, 15) is 4.79 Å². The van der Waals surface area contributed by atoms with Gasteiger partial charge in [-0.2, -0.15) is 0 Å². The van der Waals surface area contributed by atoms with Crippen LogP contribution in [0.15, 0.2) is 30.6 Å². The van der Waals surface area contributed by atoms with Gasteiger partial charge in [-0.1, -0.05) is 18.9 Å². The zero-order chi connectivity index (χ0) is 28.7. The van der Waals surface area contributed by atoms with Crippen molar-refractivity contribution in [3.05, 3.63) is 47.4 Å². The highest BCUT2D eigenvalue weighted by molar-refractivity contribution is 5.97. The third-order valence-corrected chi connectivity index (χ3v) is 6.01. The van der Waals surface area contributed by atoms with Crippen LogP contribution in [-0.4, -0.2) is 63.8 Å². The molecule has 9 nitrogen and oxygen atoms in total. The summed E-state index contributed by atoms with van der Waals surface area (Å²) in [4.78, 5) is 22.5. The van der Waals surface area contributed by atoms with Crippen LogP contribution in [0.3, 0.4) is 0 Å². The highest BCUT2D eigenvalue weighted by Crippen LogP contribution is 2.38. The van der Waals surface area contributed by atoms with Crippen molar-refractivity contribution in [2.45, 2.75) is 32.8 Å². The molecule has 3 atom stereocenters. The molecule has 3 aromatic rings. The van der Waals surface area contributed by atoms with Crippen LogP contribution in [0.5, 0.6) is 0 Å². The van der Waals surface area contributed by atoms with E-state index in [-0.39, 0.29) is 37.1 Å². The Hall–Kier alpha value is -3.61. The maximum Gasteiger partial charge on any atom is 0.228 e. The highest BCUT2D eigenvalue weighted by atomic mass is 16.5. The molecule has 2 fully saturated rings. The van der Waals surface area contributed by atoms with E-state index in [0.717, 1.165) is 6.42 Å². The number of nitrogens with one attached hydrogen (secondary N) is 2. The number of hydrogen-bond acceptors (Lipinski definition) is 8. The van der Waals surface area contributed by atoms with Crippen LogP contribution in [0.25, 0.3) is 10.9 Å². The molecule has 0 aromatic carbocycles. The Bertz CT molecular complexity index is 1490. The van der Waals surface area contributed by atoms with Crippen LogP contribution < -0.4 is 10.6 Å². The van der Waals surface area contributed by atoms with Crippen molar-refractivity contribution in [3.63, 3.8) is 0 Å². The number of pyridine rings is 2. The molecule has 2 N–H and O–H groups in total. The van der Waals surface area contributed by atoms with Gasteiger partial charge < -0.3 is 15.4 Å². The first-order valence-electron chi connectivity index (χ1n) is 14.0. The summed E-state index contributed by atoms with van der Waals surface area (Å²) in [7, 11) is 1.73. The maximum absolute atomic E-state index is 12.4. The van der Waals surface area contributed by atoms with Gasteiger partial charge in [0.2, 0.25) is 5.91 Å². The number of anilines is 2. The van der Waals surface area contributed by atoms with Gasteiger partial charge in [-0.05, 0) is 42.8 Å². The molecule has 1 aliphatic heterocycles. The Labute approximate surface area is 211 Å². The second-order valence-corrected chi connectivity index (χ2v) is 8.67. The Morgan fingerprint density at radius 3 is 2.94 bits per heavy atom. The second kappa shape index (κ2) is 9.94. The molecule has 1 saturated heterocycles. The van der Waals surface area contributed by atoms with E-state index in [1.165, 1.54) is 11.1 Å². The van der Waals surface area contributed by atoms with E-state index in [1.54, 1.807) is 31.4 Å². The molecule has 5 rings (SSSR count). The molecule has 1 saturated carbocycles. The molecular formula is C26H29N7O2. The van der Waals surface area contributed by atoms with E-state index in [1.807, 2.05) is 6.92 Å². The van der Waals surface area contributed by atoms with Crippen LogP contribution in [0.4, 0.5) is 11.6 Å². The minimum absolute atomic E-state index is 0.00599. The number of rotatable bonds is 5. The third-order valence-electron chi connectivity index (χ3n) is 6.01. The first-order valence-corrected chi connectivity index (χ1v) is 11.5. The topological polar surface area (TPSA) is 105 Å². The fourth-order valence-corrected chi connectivity index (χ4v) is 3.88. The lowest BCUT2D eigenvalue weighted by molar-refractivity contribution is -0.117. The standard InChI is InChI=1S/C26H29N7O2/c1-16-10-21(16)26(34)30-23-11-22-19(13-29-25(27-3)24(22)32-31-23)5-7-20-6-4-18(12-28-20)15-33-8-9-35-17(2)14-33/h4,6,11-13,16-17,21H,8-10,14-15H2,1-3H3,(H,27,29)(H,30,31,34)/t16-,17?,21+/m1/s1/i2D3,15D2. The number of ether oxygens (including phenoxy) is 1. The lowest BCUT2D eigenvalue weighted by Crippen LogP contribution is -2.40. The quantitative estimate of drug-likeness (QED) is 0.542. The Morgan fingerprint density at radius 2 is 2.20 bits per heavy atom. The average Bonchev–Trinajstić information content (AvgIpc) is 3.68. The molecule has 35 heavy (non-hydrogen) atoms. The van der Waals surface area contributed by atoms with Crippen molar-refractivity contribution < 1.29 is 16.4 Å². The molecule has 1 amide bonds. The molecule has 0 spiro atoms. The van der Waals surface area contributed by atoms with E-state index in [2.05, 4.69) is 42.6 Å². The van der Waals surface area contributed by atoms with Crippen molar-refractivity contribution in [1.82, 2.24) is 25.1 Å². The molecule has 180 valence electrons. The number of hydrogen-bond donors (Lipinski definition) is 2. The predicted octanol–water partition coefficient (Wildman–Crippen LogP) is 2.68. The summed E-state index contributed by atoms with van der Waals surface area (Å²) in [6, 6.07) is 4.93. The van der Waals surface area contributed by atoms with E-state index in [4.69, 9.17) is 11.6 Å². The van der Waals surface area contributed by atoms with Crippen molar-refractivity contribution in [2.24, 2.45) is 11.8 Å². The van der Waals surface area contributed by atoms with Crippen LogP contribution in [0.2, 0.25) is 0 Å². The summed E-state index contributed by atoms with van der Waals surface area (Å²) in [6.07, 6.45) is 2.81. The number of fused-ring (bicyclic) bond motifs is 1. The van der Waals surface area contributed by atoms with Crippen molar-refractivity contribution in [2.75, 3.05) is 37.4 Å². The van der Waals surface area contributed by atoms with Gasteiger partial charge in [-0.25, -0.2) is 9.97 Å². The van der Waals surface area contributed by atoms with Crippen molar-refractivity contribution in [1.29, 1.82) is 0 Å². The average molecular weight is 477 g/mol. The first-order chi connectivity index (χ1) is 19.0. The monoisotopic (exact) mass is 476 g/mol. The predicted molar refractivity (Wildman–Crippen MR) is 134 cm³/mol. The van der Waals surface area contributed by atoms with Crippen molar-refractivity contribution in [3.8, 4) is 11.8 Å². The summed E-state index contributed by atoms with van der Waals surface area (Å²) in [5.74, 6) is 7.18. The van der Waals surface area contributed by atoms with Gasteiger partial charge in [0.15, 0.2) is 11.6 Å². The zero-order valence-corrected chi connectivity index (χ0v) is 19.5. The summed E-state index contributed by atoms with van der Waals surface area (Å²) in [5.41, 5.74) is 1.76. The smallest absolute Gasteiger partial charge is 0.228 e. The summed E-state index contributed by atoms with van der Waals surface area (Å²) in [6.45, 7) is -1.91. The van der Waals surface area contributed by atoms with Crippen LogP contribution in [0.1, 0.15) is 43.9 Å². The summed E-state index contributed by atoms with van der Waals surface area (Å²) < 4.78 is 45.4. The molecule has 2 aliphatic rings. The van der Waals surface area contributed by atoms with Crippen molar-refractivity contribution >= 4 is 28.4 Å². The summed E-state index contributed by atoms with van der Waals surface area (Å²) >= 11 is 0. The highest BCUT2D eigenvalue weighted by Gasteiger charge is 2.39. The molecule has 0 radical (unpaired) electrons. The molecule has 1 aliphatic carbocycles. The fourth-order valence-electron chi connectivity index (χ4n) is 3.88. The molecule has 1 unspecified atom stereocenters. The molecule has 0 bridgehead atoms. The molecule has 4 heterocycles. The van der Waals surface area contributed by atoms with Gasteiger partial charge in [0.05, 0.1) is 18.3 Å². The third kappa shape index (κ3) is 5.39. The maximum atomic E-state index is 12.4. The molecular weight excluding hydrogens is 442 g/mol. The number of morpholine rings is 1. The number of carbonyl (C=O) groups excluding carboxylic acids is 1. The van der Waals surface area contributed by atoms with Gasteiger partial charge in [0.25, 0.3) is 0 Å². The SMILES string of the molecule is [2H]C([2H])([2H])C1CN(C([2H])([2H])c2ccc(C#Cc3cnc(NC)c4nnc(NC(=O)[C@H]5C[C@H]5C)cc34)nc2)CCO1. The van der Waals surface area contributed by atoms with E-state index in [0.29, 0.717) is 39.7 Å². The van der Waals surface area contributed by atoms with Gasteiger partial charge >= 0.3 is 0 Å². The Morgan fingerprint density at radius 1 is 1.31 bits per heavy atom. The largest absolute Gasteiger partial charge is 0.376 e. The normalized spacial score (nSPS) is 24.6. The summed E-state index contributed by atoms with van der Waals surface area (Å²) in [5, 5.41) is 14.9. The van der Waals surface area contributed by atoms with Gasteiger partial charge in [-0.3, -0.25) is 9.69 Å². The number of aromatic nitrogens is 4. The zero-order valence-electron chi connectivity index (χ0n) is 24.5. The number of carbonyl (C=O) groups is 1. The van der Waals surface area contributed by atoms with Crippen LogP contribution in [-0.2, 0) is 16.0 Å². The fraction of sp³-hybridized carbons (Fsp3) is 0.423. The number of amides is 1. The second-order valence-electron chi connectivity index (χ2n) is 8.67. The Balaban J connectivity index is 1.37. The minimum atomic E-state index is -2.33. The van der Waals surface area contributed by atoms with Crippen LogP contribution >= 0.6 is 0 Å². The molecule has 3 aromatic heterocycles. The van der Waals surface area contributed by atoms with Gasteiger partial charge in [-0.15, -0.1) is 10.2 Å². The lowest BCUT2D eigenvalue weighted by Gasteiger charge is -2.30. The molecule has 9 heteroatoms. The lowest BCUT2D eigenvalue weighted by atomic mass is 10.1. The Kier molecular flexibility index (Phi) is 5.05. The van der Waals surface area contributed by atoms with E-state index >= 15 is 0 Å². The van der Waals surface area contributed by atoms with Gasteiger partial charge in [0, 0.05) is 57.2 Å². The minimum Gasteiger partial charge on any atom is -0.376 e. The van der Waals surface area contributed by atoms with E-state index < -0.39 is 19.5 Å². The van der Waals surface area contributed by atoms with Gasteiger partial charge in [0.1, 0.15) is 11.2 Å². The van der Waals surface area contributed by atoms with Crippen LogP contribution in [0, 0.1) is 23.7 Å². The number of nitrogens with zero attached hydrogens (tertiary/aromatic N) is 5.